The smallest absolute Gasteiger partial charge is 0.378 e. The lowest BCUT2D eigenvalue weighted by molar-refractivity contribution is -0.140. The van der Waals surface area contributed by atoms with E-state index in [-0.39, 0.29) is 5.52 Å². The van der Waals surface area contributed by atoms with Crippen LogP contribution in [0.15, 0.2) is 24.4 Å². The van der Waals surface area contributed by atoms with Crippen molar-refractivity contribution in [3.05, 3.63) is 41.5 Å². The normalized spacial score (nSPS) is 22.8. The quantitative estimate of drug-likeness (QED) is 0.598. The molecule has 2 unspecified atom stereocenters. The number of benzene rings is 1. The Labute approximate surface area is 165 Å². The fourth-order valence-electron chi connectivity index (χ4n) is 4.90. The Balaban J connectivity index is 1.66. The third-order valence-electron chi connectivity index (χ3n) is 6.29. The molecule has 4 nitrogen and oxygen atoms in total. The lowest BCUT2D eigenvalue weighted by atomic mass is 10.1. The van der Waals surface area contributed by atoms with E-state index in [1.54, 1.807) is 17.6 Å². The van der Waals surface area contributed by atoms with E-state index in [2.05, 4.69) is 9.88 Å². The van der Waals surface area contributed by atoms with Crippen LogP contribution < -0.4 is 0 Å². The number of pyridine rings is 1. The molecule has 0 amide bonds. The topological polar surface area (TPSA) is 30.3 Å². The summed E-state index contributed by atoms with van der Waals surface area (Å²) in [6.07, 6.45) is -1.33. The lowest BCUT2D eigenvalue weighted by Gasteiger charge is -2.34. The predicted octanol–water partition coefficient (Wildman–Crippen LogP) is 4.52. The minimum atomic E-state index is -4.59. The standard InChI is InChI=1S/C21H21F4N3O/c1-12-8-18-16(9-17(12)22)15-4-5-26-20(21(23,24)25)19(15)28(18)7-6-27-13-2-3-14(27)11-29-10-13/h4-5,8-9,13-14H,2-3,6-7,10-11H2,1H3. The Hall–Kier alpha value is -2.19. The van der Waals surface area contributed by atoms with Crippen LogP contribution in [0.2, 0.25) is 0 Å². The zero-order chi connectivity index (χ0) is 20.3. The van der Waals surface area contributed by atoms with Gasteiger partial charge in [0.25, 0.3) is 0 Å². The Morgan fingerprint density at radius 3 is 2.52 bits per heavy atom. The molecule has 0 N–H and O–H groups in total. The van der Waals surface area contributed by atoms with Gasteiger partial charge < -0.3 is 9.30 Å². The van der Waals surface area contributed by atoms with E-state index in [0.717, 1.165) is 19.0 Å². The van der Waals surface area contributed by atoms with Crippen LogP contribution in [0.5, 0.6) is 0 Å². The lowest BCUT2D eigenvalue weighted by Crippen LogP contribution is -2.46. The van der Waals surface area contributed by atoms with Crippen molar-refractivity contribution >= 4 is 21.8 Å². The van der Waals surface area contributed by atoms with Crippen molar-refractivity contribution in [3.63, 3.8) is 0 Å². The summed E-state index contributed by atoms with van der Waals surface area (Å²) in [6.45, 7) is 3.97. The van der Waals surface area contributed by atoms with Crippen LogP contribution in [-0.4, -0.2) is 46.3 Å². The fraction of sp³-hybridized carbons (Fsp3) is 0.476. The summed E-state index contributed by atoms with van der Waals surface area (Å²) in [7, 11) is 0. The van der Waals surface area contributed by atoms with Gasteiger partial charge in [-0.3, -0.25) is 4.90 Å². The van der Waals surface area contributed by atoms with Gasteiger partial charge in [-0.25, -0.2) is 9.37 Å². The molecular weight excluding hydrogens is 386 g/mol. The van der Waals surface area contributed by atoms with E-state index in [9.17, 15) is 17.6 Å². The Morgan fingerprint density at radius 2 is 1.83 bits per heavy atom. The number of rotatable bonds is 3. The number of morpholine rings is 1. The zero-order valence-electron chi connectivity index (χ0n) is 16.0. The van der Waals surface area contributed by atoms with E-state index >= 15 is 0 Å². The van der Waals surface area contributed by atoms with E-state index in [1.807, 2.05) is 0 Å². The van der Waals surface area contributed by atoms with E-state index < -0.39 is 17.7 Å². The second-order valence-corrected chi connectivity index (χ2v) is 7.98. The first kappa shape index (κ1) is 18.8. The van der Waals surface area contributed by atoms with E-state index in [0.29, 0.717) is 60.2 Å². The maximum atomic E-state index is 14.2. The van der Waals surface area contributed by atoms with Gasteiger partial charge in [-0.15, -0.1) is 0 Å². The highest BCUT2D eigenvalue weighted by atomic mass is 19.4. The van der Waals surface area contributed by atoms with E-state index in [4.69, 9.17) is 4.74 Å². The monoisotopic (exact) mass is 407 g/mol. The van der Waals surface area contributed by atoms with Gasteiger partial charge in [0.05, 0.1) is 18.7 Å². The Morgan fingerprint density at radius 1 is 1.10 bits per heavy atom. The van der Waals surface area contributed by atoms with Crippen molar-refractivity contribution in [1.82, 2.24) is 14.5 Å². The van der Waals surface area contributed by atoms with Gasteiger partial charge in [0, 0.05) is 47.7 Å². The molecule has 2 aliphatic heterocycles. The van der Waals surface area contributed by atoms with Crippen LogP contribution in [-0.2, 0) is 17.5 Å². The third-order valence-corrected chi connectivity index (χ3v) is 6.29. The van der Waals surface area contributed by atoms with Gasteiger partial charge in [0.1, 0.15) is 5.82 Å². The SMILES string of the molecule is Cc1cc2c(cc1F)c1ccnc(C(F)(F)F)c1n2CCN1C2CCC1COC2. The van der Waals surface area contributed by atoms with Crippen molar-refractivity contribution in [3.8, 4) is 0 Å². The number of alkyl halides is 3. The molecule has 1 aromatic carbocycles. The van der Waals surface area contributed by atoms with Gasteiger partial charge in [0.15, 0.2) is 5.69 Å². The average Bonchev–Trinajstić information content (AvgIpc) is 3.08. The van der Waals surface area contributed by atoms with Crippen molar-refractivity contribution in [2.45, 2.75) is 44.6 Å². The molecule has 0 spiro atoms. The minimum Gasteiger partial charge on any atom is -0.378 e. The molecule has 2 bridgehead atoms. The Bertz CT molecular complexity index is 1080. The maximum absolute atomic E-state index is 14.2. The summed E-state index contributed by atoms with van der Waals surface area (Å²) in [5.74, 6) is -0.423. The molecule has 0 aliphatic carbocycles. The molecule has 2 saturated heterocycles. The molecule has 0 saturated carbocycles. The first-order valence-electron chi connectivity index (χ1n) is 9.82. The van der Waals surface area contributed by atoms with Crippen molar-refractivity contribution in [1.29, 1.82) is 0 Å². The summed E-state index contributed by atoms with van der Waals surface area (Å²) < 4.78 is 62.7. The van der Waals surface area contributed by atoms with Crippen molar-refractivity contribution in [2.75, 3.05) is 19.8 Å². The van der Waals surface area contributed by atoms with Crippen LogP contribution in [0.4, 0.5) is 17.6 Å². The van der Waals surface area contributed by atoms with Gasteiger partial charge in [-0.05, 0) is 43.5 Å². The number of halogens is 4. The molecule has 2 aromatic heterocycles. The second kappa shape index (κ2) is 6.67. The van der Waals surface area contributed by atoms with Crippen LogP contribution in [0, 0.1) is 12.7 Å². The summed E-state index contributed by atoms with van der Waals surface area (Å²) in [4.78, 5) is 5.99. The van der Waals surface area contributed by atoms with Gasteiger partial charge in [0.2, 0.25) is 0 Å². The molecule has 154 valence electrons. The first-order chi connectivity index (χ1) is 13.8. The summed E-state index contributed by atoms with van der Waals surface area (Å²) in [5, 5.41) is 0.868. The molecular formula is C21H21F4N3O. The molecule has 29 heavy (non-hydrogen) atoms. The Kier molecular flexibility index (Phi) is 4.33. The molecule has 2 atom stereocenters. The molecule has 4 heterocycles. The molecule has 3 aromatic rings. The van der Waals surface area contributed by atoms with Crippen molar-refractivity contribution in [2.24, 2.45) is 0 Å². The zero-order valence-corrected chi connectivity index (χ0v) is 16.0. The number of hydrogen-bond donors (Lipinski definition) is 0. The van der Waals surface area contributed by atoms with Gasteiger partial charge in [-0.1, -0.05) is 0 Å². The summed E-state index contributed by atoms with van der Waals surface area (Å²) in [5.41, 5.74) is 0.127. The minimum absolute atomic E-state index is 0.0283. The average molecular weight is 407 g/mol. The molecule has 2 fully saturated rings. The van der Waals surface area contributed by atoms with Crippen LogP contribution in [0.3, 0.4) is 0 Å². The highest BCUT2D eigenvalue weighted by Crippen LogP contribution is 2.39. The summed E-state index contributed by atoms with van der Waals surface area (Å²) in [6, 6.07) is 5.15. The maximum Gasteiger partial charge on any atom is 0.435 e. The number of nitrogens with zero attached hydrogens (tertiary/aromatic N) is 3. The number of fused-ring (bicyclic) bond motifs is 5. The highest BCUT2D eigenvalue weighted by Gasteiger charge is 2.38. The van der Waals surface area contributed by atoms with E-state index in [1.165, 1.54) is 12.1 Å². The number of aromatic nitrogens is 2. The first-order valence-corrected chi connectivity index (χ1v) is 9.82. The van der Waals surface area contributed by atoms with Gasteiger partial charge >= 0.3 is 6.18 Å². The fourth-order valence-corrected chi connectivity index (χ4v) is 4.90. The molecule has 8 heteroatoms. The van der Waals surface area contributed by atoms with Gasteiger partial charge in [-0.2, -0.15) is 13.2 Å². The predicted molar refractivity (Wildman–Crippen MR) is 101 cm³/mol. The molecule has 0 radical (unpaired) electrons. The van der Waals surface area contributed by atoms with Crippen LogP contribution in [0.1, 0.15) is 24.1 Å². The number of ether oxygens (including phenoxy) is 1. The largest absolute Gasteiger partial charge is 0.435 e. The van der Waals surface area contributed by atoms with Crippen LogP contribution in [0.25, 0.3) is 21.8 Å². The highest BCUT2D eigenvalue weighted by molar-refractivity contribution is 6.09. The molecule has 2 aliphatic rings. The number of aryl methyl sites for hydroxylation is 1. The number of hydrogen-bond acceptors (Lipinski definition) is 3. The van der Waals surface area contributed by atoms with Crippen molar-refractivity contribution < 1.29 is 22.3 Å². The third kappa shape index (κ3) is 3.00. The molecule has 5 rings (SSSR count). The van der Waals surface area contributed by atoms with Crippen LogP contribution >= 0.6 is 0 Å². The summed E-state index contributed by atoms with van der Waals surface area (Å²) >= 11 is 0. The second-order valence-electron chi connectivity index (χ2n) is 7.98.